The quantitative estimate of drug-likeness (QED) is 0.743. The Hall–Kier alpha value is -3.48. The van der Waals surface area contributed by atoms with Crippen molar-refractivity contribution in [3.8, 4) is 5.82 Å². The van der Waals surface area contributed by atoms with Crippen LogP contribution in [0.15, 0.2) is 61.3 Å². The largest absolute Gasteiger partial charge is 0.326 e. The summed E-state index contributed by atoms with van der Waals surface area (Å²) in [7, 11) is 0. The van der Waals surface area contributed by atoms with E-state index in [2.05, 4.69) is 20.6 Å². The molecule has 0 radical (unpaired) electrons. The van der Waals surface area contributed by atoms with Gasteiger partial charge in [0.15, 0.2) is 0 Å². The molecule has 0 atom stereocenters. The second-order valence-corrected chi connectivity index (χ2v) is 6.17. The van der Waals surface area contributed by atoms with Gasteiger partial charge < -0.3 is 10.6 Å². The summed E-state index contributed by atoms with van der Waals surface area (Å²) in [5, 5.41) is 5.65. The zero-order valence-electron chi connectivity index (χ0n) is 13.9. The molecule has 2 aromatic heterocycles. The molecule has 7 heteroatoms. The number of aromatic nitrogens is 3. The Labute approximate surface area is 150 Å². The number of carbonyl (C=O) groups is 2. The molecule has 1 aliphatic carbocycles. The Kier molecular flexibility index (Phi) is 4.18. The van der Waals surface area contributed by atoms with Gasteiger partial charge in [0.2, 0.25) is 5.91 Å². The molecule has 0 spiro atoms. The molecule has 0 unspecified atom stereocenters. The van der Waals surface area contributed by atoms with Crippen LogP contribution in [0.3, 0.4) is 0 Å². The lowest BCUT2D eigenvalue weighted by molar-refractivity contribution is -0.117. The van der Waals surface area contributed by atoms with E-state index in [1.165, 1.54) is 0 Å². The average molecular weight is 347 g/mol. The fraction of sp³-hybridized carbons (Fsp3) is 0.158. The molecule has 1 saturated carbocycles. The number of anilines is 2. The van der Waals surface area contributed by atoms with Crippen LogP contribution in [0.4, 0.5) is 11.4 Å². The van der Waals surface area contributed by atoms with Crippen molar-refractivity contribution < 1.29 is 9.59 Å². The van der Waals surface area contributed by atoms with Crippen LogP contribution >= 0.6 is 0 Å². The van der Waals surface area contributed by atoms with Gasteiger partial charge in [0.05, 0.1) is 11.9 Å². The summed E-state index contributed by atoms with van der Waals surface area (Å²) in [6, 6.07) is 10.5. The minimum Gasteiger partial charge on any atom is -0.326 e. The van der Waals surface area contributed by atoms with Gasteiger partial charge in [0.25, 0.3) is 5.91 Å². The average Bonchev–Trinajstić information content (AvgIpc) is 3.38. The molecule has 0 bridgehead atoms. The molecule has 1 fully saturated rings. The van der Waals surface area contributed by atoms with E-state index in [0.717, 1.165) is 12.8 Å². The topological polar surface area (TPSA) is 88.9 Å². The standard InChI is InChI=1S/C19H17N5O2/c25-18(13-4-5-13)22-15-3-1-2-14(10-15)19(26)23-16-6-7-17(21-11-16)24-9-8-20-12-24/h1-3,6-13H,4-5H2,(H,22,25)(H,23,26). The summed E-state index contributed by atoms with van der Waals surface area (Å²) in [5.74, 6) is 0.587. The number of carbonyl (C=O) groups excluding carboxylic acids is 2. The smallest absolute Gasteiger partial charge is 0.255 e. The highest BCUT2D eigenvalue weighted by molar-refractivity contribution is 6.05. The molecule has 1 aliphatic rings. The van der Waals surface area contributed by atoms with Crippen molar-refractivity contribution in [1.29, 1.82) is 0 Å². The first-order chi connectivity index (χ1) is 12.7. The molecule has 7 nitrogen and oxygen atoms in total. The molecule has 26 heavy (non-hydrogen) atoms. The monoisotopic (exact) mass is 347 g/mol. The number of pyridine rings is 1. The lowest BCUT2D eigenvalue weighted by Crippen LogP contribution is -2.15. The van der Waals surface area contributed by atoms with Crippen molar-refractivity contribution >= 4 is 23.2 Å². The molecule has 0 aliphatic heterocycles. The number of nitrogens with zero attached hydrogens (tertiary/aromatic N) is 3. The molecule has 2 N–H and O–H groups in total. The summed E-state index contributed by atoms with van der Waals surface area (Å²) >= 11 is 0. The van der Waals surface area contributed by atoms with Gasteiger partial charge in [-0.15, -0.1) is 0 Å². The Morgan fingerprint density at radius 1 is 1.08 bits per heavy atom. The third kappa shape index (κ3) is 3.61. The molecular formula is C19H17N5O2. The van der Waals surface area contributed by atoms with Crippen LogP contribution in [0.5, 0.6) is 0 Å². The van der Waals surface area contributed by atoms with E-state index >= 15 is 0 Å². The first-order valence-electron chi connectivity index (χ1n) is 8.36. The van der Waals surface area contributed by atoms with Gasteiger partial charge in [0.1, 0.15) is 12.1 Å². The van der Waals surface area contributed by atoms with Crippen molar-refractivity contribution in [2.75, 3.05) is 10.6 Å². The molecule has 2 amide bonds. The number of benzene rings is 1. The molecule has 3 aromatic rings. The van der Waals surface area contributed by atoms with Crippen LogP contribution in [0, 0.1) is 5.92 Å². The zero-order chi connectivity index (χ0) is 17.9. The third-order valence-corrected chi connectivity index (χ3v) is 4.12. The van der Waals surface area contributed by atoms with Crippen LogP contribution in [-0.4, -0.2) is 26.3 Å². The molecule has 0 saturated heterocycles. The molecule has 2 heterocycles. The van der Waals surface area contributed by atoms with Crippen molar-refractivity contribution in [2.45, 2.75) is 12.8 Å². The van der Waals surface area contributed by atoms with Gasteiger partial charge >= 0.3 is 0 Å². The number of hydrogen-bond donors (Lipinski definition) is 2. The minimum absolute atomic E-state index is 0.0156. The van der Waals surface area contributed by atoms with Crippen molar-refractivity contribution in [3.05, 3.63) is 66.9 Å². The van der Waals surface area contributed by atoms with E-state index in [1.54, 1.807) is 65.9 Å². The van der Waals surface area contributed by atoms with E-state index in [4.69, 9.17) is 0 Å². The number of imidazole rings is 1. The van der Waals surface area contributed by atoms with E-state index in [9.17, 15) is 9.59 Å². The third-order valence-electron chi connectivity index (χ3n) is 4.12. The van der Waals surface area contributed by atoms with Crippen LogP contribution in [0.25, 0.3) is 5.82 Å². The fourth-order valence-corrected chi connectivity index (χ4v) is 2.54. The van der Waals surface area contributed by atoms with Gasteiger partial charge in [-0.05, 0) is 43.2 Å². The Morgan fingerprint density at radius 2 is 1.96 bits per heavy atom. The normalized spacial score (nSPS) is 13.2. The number of amides is 2. The van der Waals surface area contributed by atoms with Crippen LogP contribution in [-0.2, 0) is 4.79 Å². The predicted molar refractivity (Wildman–Crippen MR) is 97.1 cm³/mol. The van der Waals surface area contributed by atoms with Crippen molar-refractivity contribution in [2.24, 2.45) is 5.92 Å². The summed E-state index contributed by atoms with van der Waals surface area (Å²) in [6.07, 6.45) is 8.59. The predicted octanol–water partition coefficient (Wildman–Crippen LogP) is 2.87. The van der Waals surface area contributed by atoms with Crippen LogP contribution in [0.2, 0.25) is 0 Å². The van der Waals surface area contributed by atoms with Gasteiger partial charge in [-0.3, -0.25) is 14.2 Å². The van der Waals surface area contributed by atoms with Crippen LogP contribution < -0.4 is 10.6 Å². The number of nitrogens with one attached hydrogen (secondary N) is 2. The first kappa shape index (κ1) is 16.0. The van der Waals surface area contributed by atoms with Gasteiger partial charge in [0, 0.05) is 29.6 Å². The Balaban J connectivity index is 1.43. The van der Waals surface area contributed by atoms with Crippen LogP contribution in [0.1, 0.15) is 23.2 Å². The van der Waals surface area contributed by atoms with Gasteiger partial charge in [-0.1, -0.05) is 6.07 Å². The maximum Gasteiger partial charge on any atom is 0.255 e. The highest BCUT2D eigenvalue weighted by Gasteiger charge is 2.29. The maximum atomic E-state index is 12.4. The van der Waals surface area contributed by atoms with E-state index in [1.807, 2.05) is 0 Å². The maximum absolute atomic E-state index is 12.4. The lowest BCUT2D eigenvalue weighted by Gasteiger charge is -2.08. The van der Waals surface area contributed by atoms with E-state index < -0.39 is 0 Å². The lowest BCUT2D eigenvalue weighted by atomic mass is 10.2. The van der Waals surface area contributed by atoms with Crippen molar-refractivity contribution in [3.63, 3.8) is 0 Å². The summed E-state index contributed by atoms with van der Waals surface area (Å²) in [6.45, 7) is 0. The number of rotatable bonds is 5. The highest BCUT2D eigenvalue weighted by atomic mass is 16.2. The minimum atomic E-state index is -0.260. The first-order valence-corrected chi connectivity index (χ1v) is 8.36. The molecule has 130 valence electrons. The summed E-state index contributed by atoms with van der Waals surface area (Å²) in [5.41, 5.74) is 1.69. The second-order valence-electron chi connectivity index (χ2n) is 6.17. The van der Waals surface area contributed by atoms with E-state index in [-0.39, 0.29) is 17.7 Å². The Bertz CT molecular complexity index is 931. The van der Waals surface area contributed by atoms with E-state index in [0.29, 0.717) is 22.8 Å². The number of hydrogen-bond acceptors (Lipinski definition) is 4. The molecule has 1 aromatic carbocycles. The fourth-order valence-electron chi connectivity index (χ4n) is 2.54. The summed E-state index contributed by atoms with van der Waals surface area (Å²) < 4.78 is 1.78. The zero-order valence-corrected chi connectivity index (χ0v) is 13.9. The Morgan fingerprint density at radius 3 is 2.65 bits per heavy atom. The molecular weight excluding hydrogens is 330 g/mol. The van der Waals surface area contributed by atoms with Gasteiger partial charge in [-0.25, -0.2) is 9.97 Å². The highest BCUT2D eigenvalue weighted by Crippen LogP contribution is 2.30. The summed E-state index contributed by atoms with van der Waals surface area (Å²) in [4.78, 5) is 32.6. The van der Waals surface area contributed by atoms with Gasteiger partial charge in [-0.2, -0.15) is 0 Å². The second kappa shape index (κ2) is 6.79. The molecule has 4 rings (SSSR count). The van der Waals surface area contributed by atoms with Crippen molar-refractivity contribution in [1.82, 2.24) is 14.5 Å². The SMILES string of the molecule is O=C(Nc1ccc(-n2ccnc2)nc1)c1cccc(NC(=O)C2CC2)c1.